The van der Waals surface area contributed by atoms with Crippen LogP contribution in [0.3, 0.4) is 0 Å². The number of aliphatic carboxylic acids is 1. The number of carboxylic acid groups (broad SMARTS) is 1. The smallest absolute Gasteiger partial charge is 0.326 e. The molecule has 1 N–H and O–H groups in total. The number of carbonyl (C=O) groups excluding carboxylic acids is 1. The summed E-state index contributed by atoms with van der Waals surface area (Å²) in [5.74, 6) is -0.318. The van der Waals surface area contributed by atoms with E-state index >= 15 is 0 Å². The number of rotatable bonds is 1. The van der Waals surface area contributed by atoms with Crippen LogP contribution in [0.2, 0.25) is 0 Å². The van der Waals surface area contributed by atoms with Crippen LogP contribution in [0, 0.1) is 11.8 Å². The molecule has 1 saturated carbocycles. The van der Waals surface area contributed by atoms with E-state index in [4.69, 9.17) is 4.74 Å². The van der Waals surface area contributed by atoms with Crippen molar-refractivity contribution < 1.29 is 19.4 Å². The summed E-state index contributed by atoms with van der Waals surface area (Å²) in [5, 5.41) is 9.50. The maximum Gasteiger partial charge on any atom is 0.326 e. The van der Waals surface area contributed by atoms with Crippen LogP contribution in [0.1, 0.15) is 25.7 Å². The minimum atomic E-state index is -0.848. The average molecular weight is 282 g/mol. The van der Waals surface area contributed by atoms with Crippen LogP contribution in [0.25, 0.3) is 0 Å². The number of hydrogen-bond donors (Lipinski definition) is 1. The Labute approximate surface area is 118 Å². The maximum absolute atomic E-state index is 12.6. The lowest BCUT2D eigenvalue weighted by molar-refractivity contribution is -0.142. The topological polar surface area (TPSA) is 70.1 Å². The molecule has 2 heterocycles. The number of likely N-dealkylation sites (tertiary alicyclic amines) is 1. The number of fused-ring (bicyclic) bond motifs is 1. The summed E-state index contributed by atoms with van der Waals surface area (Å²) >= 11 is 0. The van der Waals surface area contributed by atoms with Crippen molar-refractivity contribution in [3.63, 3.8) is 0 Å². The number of carbonyl (C=O) groups is 2. The highest BCUT2D eigenvalue weighted by Gasteiger charge is 2.50. The fraction of sp³-hybridized carbons (Fsp3) is 0.857. The van der Waals surface area contributed by atoms with Gasteiger partial charge in [0.05, 0.1) is 6.61 Å². The molecule has 3 atom stereocenters. The Morgan fingerprint density at radius 3 is 2.75 bits per heavy atom. The minimum absolute atomic E-state index is 0.114. The zero-order valence-electron chi connectivity index (χ0n) is 11.7. The van der Waals surface area contributed by atoms with Gasteiger partial charge >= 0.3 is 12.0 Å². The summed E-state index contributed by atoms with van der Waals surface area (Å²) in [6, 6.07) is -0.739. The molecule has 3 rings (SSSR count). The van der Waals surface area contributed by atoms with Gasteiger partial charge in [0.1, 0.15) is 6.04 Å². The van der Waals surface area contributed by atoms with Crippen LogP contribution < -0.4 is 0 Å². The highest BCUT2D eigenvalue weighted by molar-refractivity contribution is 5.84. The van der Waals surface area contributed by atoms with Gasteiger partial charge in [-0.15, -0.1) is 0 Å². The predicted molar refractivity (Wildman–Crippen MR) is 71.4 cm³/mol. The molecule has 0 spiro atoms. The second kappa shape index (κ2) is 5.60. The van der Waals surface area contributed by atoms with Crippen molar-refractivity contribution in [2.75, 3.05) is 32.8 Å². The number of ether oxygens (including phenoxy) is 1. The van der Waals surface area contributed by atoms with E-state index in [1.807, 2.05) is 0 Å². The molecule has 0 aromatic heterocycles. The third kappa shape index (κ3) is 2.37. The van der Waals surface area contributed by atoms with E-state index in [0.717, 1.165) is 25.7 Å². The van der Waals surface area contributed by atoms with Crippen molar-refractivity contribution in [1.82, 2.24) is 9.80 Å². The monoisotopic (exact) mass is 282 g/mol. The van der Waals surface area contributed by atoms with Gasteiger partial charge in [0.15, 0.2) is 0 Å². The van der Waals surface area contributed by atoms with Gasteiger partial charge in [-0.2, -0.15) is 0 Å². The van der Waals surface area contributed by atoms with E-state index in [1.165, 1.54) is 0 Å². The highest BCUT2D eigenvalue weighted by atomic mass is 16.5. The van der Waals surface area contributed by atoms with Crippen molar-refractivity contribution in [3.05, 3.63) is 0 Å². The van der Waals surface area contributed by atoms with Gasteiger partial charge in [0, 0.05) is 26.2 Å². The van der Waals surface area contributed by atoms with E-state index in [9.17, 15) is 14.7 Å². The van der Waals surface area contributed by atoms with Crippen molar-refractivity contribution in [2.45, 2.75) is 31.7 Å². The normalized spacial score (nSPS) is 33.9. The summed E-state index contributed by atoms with van der Waals surface area (Å²) in [5.41, 5.74) is 0. The van der Waals surface area contributed by atoms with Gasteiger partial charge in [-0.1, -0.05) is 6.42 Å². The second-order valence-corrected chi connectivity index (χ2v) is 6.03. The first-order chi connectivity index (χ1) is 9.68. The van der Waals surface area contributed by atoms with Gasteiger partial charge in [-0.25, -0.2) is 9.59 Å². The van der Waals surface area contributed by atoms with E-state index in [0.29, 0.717) is 38.8 Å². The lowest BCUT2D eigenvalue weighted by atomic mass is 9.94. The Hall–Kier alpha value is -1.30. The molecular formula is C14H22N2O4. The number of hydrogen-bond acceptors (Lipinski definition) is 3. The molecule has 20 heavy (non-hydrogen) atoms. The first-order valence-electron chi connectivity index (χ1n) is 7.54. The Morgan fingerprint density at radius 1 is 1.10 bits per heavy atom. The van der Waals surface area contributed by atoms with Crippen LogP contribution in [0.4, 0.5) is 4.79 Å². The molecule has 1 aliphatic carbocycles. The molecule has 6 heteroatoms. The third-order valence-corrected chi connectivity index (χ3v) is 4.88. The minimum Gasteiger partial charge on any atom is -0.480 e. The standard InChI is InChI=1S/C14H22N2O4/c17-13(18)12-11-4-1-3-10(11)9-16(12)14(19)15-5-2-7-20-8-6-15/h10-12H,1-9H2,(H,17,18). The lowest BCUT2D eigenvalue weighted by Gasteiger charge is -2.30. The van der Waals surface area contributed by atoms with Crippen LogP contribution in [-0.4, -0.2) is 65.8 Å². The summed E-state index contributed by atoms with van der Waals surface area (Å²) in [7, 11) is 0. The Bertz CT molecular complexity index is 393. The largest absolute Gasteiger partial charge is 0.480 e. The lowest BCUT2D eigenvalue weighted by Crippen LogP contribution is -2.50. The van der Waals surface area contributed by atoms with E-state index in [2.05, 4.69) is 0 Å². The van der Waals surface area contributed by atoms with Gasteiger partial charge in [-0.05, 0) is 31.1 Å². The number of urea groups is 1. The predicted octanol–water partition coefficient (Wildman–Crippen LogP) is 1.01. The summed E-state index contributed by atoms with van der Waals surface area (Å²) < 4.78 is 5.36. The fourth-order valence-corrected chi connectivity index (χ4v) is 3.94. The molecule has 0 aromatic rings. The van der Waals surface area contributed by atoms with Crippen LogP contribution in [0.5, 0.6) is 0 Å². The first-order valence-corrected chi connectivity index (χ1v) is 7.54. The molecular weight excluding hydrogens is 260 g/mol. The Balaban J connectivity index is 1.74. The van der Waals surface area contributed by atoms with E-state index < -0.39 is 12.0 Å². The van der Waals surface area contributed by atoms with Crippen LogP contribution in [-0.2, 0) is 9.53 Å². The van der Waals surface area contributed by atoms with Crippen molar-refractivity contribution in [1.29, 1.82) is 0 Å². The SMILES string of the molecule is O=C(O)C1C2CCCC2CN1C(=O)N1CCCOCC1. The number of amides is 2. The molecule has 0 radical (unpaired) electrons. The third-order valence-electron chi connectivity index (χ3n) is 4.88. The number of carboxylic acids is 1. The molecule has 112 valence electrons. The highest BCUT2D eigenvalue weighted by Crippen LogP contribution is 2.42. The van der Waals surface area contributed by atoms with Gasteiger partial charge in [-0.3, -0.25) is 0 Å². The van der Waals surface area contributed by atoms with E-state index in [1.54, 1.807) is 9.80 Å². The second-order valence-electron chi connectivity index (χ2n) is 6.03. The molecule has 6 nitrogen and oxygen atoms in total. The maximum atomic E-state index is 12.6. The number of nitrogens with zero attached hydrogens (tertiary/aromatic N) is 2. The van der Waals surface area contributed by atoms with Crippen molar-refractivity contribution >= 4 is 12.0 Å². The Morgan fingerprint density at radius 2 is 1.95 bits per heavy atom. The summed E-state index contributed by atoms with van der Waals surface area (Å²) in [6.45, 7) is 3.06. The molecule has 2 amide bonds. The van der Waals surface area contributed by atoms with Gasteiger partial charge in [0.25, 0.3) is 0 Å². The molecule has 2 aliphatic heterocycles. The molecule has 2 saturated heterocycles. The van der Waals surface area contributed by atoms with Gasteiger partial charge < -0.3 is 19.6 Å². The fourth-order valence-electron chi connectivity index (χ4n) is 3.94. The molecule has 3 unspecified atom stereocenters. The van der Waals surface area contributed by atoms with E-state index in [-0.39, 0.29) is 11.9 Å². The summed E-state index contributed by atoms with van der Waals surface area (Å²) in [6.07, 6.45) is 3.92. The zero-order valence-corrected chi connectivity index (χ0v) is 11.7. The Kier molecular flexibility index (Phi) is 3.83. The zero-order chi connectivity index (χ0) is 14.1. The molecule has 3 aliphatic rings. The average Bonchev–Trinajstić information content (AvgIpc) is 2.88. The van der Waals surface area contributed by atoms with Crippen LogP contribution in [0.15, 0.2) is 0 Å². The molecule has 3 fully saturated rings. The molecule has 0 bridgehead atoms. The first kappa shape index (κ1) is 13.7. The van der Waals surface area contributed by atoms with Gasteiger partial charge in [0.2, 0.25) is 0 Å². The molecule has 0 aromatic carbocycles. The van der Waals surface area contributed by atoms with Crippen LogP contribution >= 0.6 is 0 Å². The van der Waals surface area contributed by atoms with Crippen molar-refractivity contribution in [3.8, 4) is 0 Å². The quantitative estimate of drug-likeness (QED) is 0.779. The van der Waals surface area contributed by atoms with Crippen molar-refractivity contribution in [2.24, 2.45) is 11.8 Å². The summed E-state index contributed by atoms with van der Waals surface area (Å²) in [4.78, 5) is 27.6.